The van der Waals surface area contributed by atoms with E-state index in [9.17, 15) is 4.79 Å². The summed E-state index contributed by atoms with van der Waals surface area (Å²) in [6.45, 7) is 2.77. The average Bonchev–Trinajstić information content (AvgIpc) is 2.85. The Bertz CT molecular complexity index is 538. The van der Waals surface area contributed by atoms with Crippen LogP contribution in [-0.4, -0.2) is 18.4 Å². The predicted octanol–water partition coefficient (Wildman–Crippen LogP) is 3.81. The Labute approximate surface area is 122 Å². The molecule has 0 amide bonds. The second-order valence-corrected chi connectivity index (χ2v) is 5.85. The first-order valence-corrected chi connectivity index (χ1v) is 7.52. The van der Waals surface area contributed by atoms with Gasteiger partial charge >= 0.3 is 0 Å². The number of carbonyl (C=O) groups is 1. The number of ketones is 1. The van der Waals surface area contributed by atoms with E-state index in [1.807, 2.05) is 42.6 Å². The van der Waals surface area contributed by atoms with Gasteiger partial charge in [-0.2, -0.15) is 0 Å². The van der Waals surface area contributed by atoms with Crippen molar-refractivity contribution >= 4 is 28.7 Å². The molecule has 2 rings (SSSR count). The summed E-state index contributed by atoms with van der Waals surface area (Å²) < 4.78 is 0.651. The van der Waals surface area contributed by atoms with Gasteiger partial charge in [-0.1, -0.05) is 48.9 Å². The Hall–Kier alpha value is -1.16. The summed E-state index contributed by atoms with van der Waals surface area (Å²) >= 11 is 7.28. The zero-order valence-corrected chi connectivity index (χ0v) is 12.3. The lowest BCUT2D eigenvalue weighted by atomic mass is 9.99. The number of carbonyl (C=O) groups excluding carboxylic acids is 1. The molecule has 0 aliphatic carbocycles. The quantitative estimate of drug-likeness (QED) is 0.821. The van der Waals surface area contributed by atoms with Crippen LogP contribution < -0.4 is 5.32 Å². The van der Waals surface area contributed by atoms with Crippen molar-refractivity contribution in [3.63, 3.8) is 0 Å². The van der Waals surface area contributed by atoms with Gasteiger partial charge in [0.2, 0.25) is 0 Å². The van der Waals surface area contributed by atoms with Crippen LogP contribution in [0.15, 0.2) is 41.8 Å². The molecule has 0 saturated carbocycles. The van der Waals surface area contributed by atoms with Gasteiger partial charge in [0, 0.05) is 10.9 Å². The first-order chi connectivity index (χ1) is 9.20. The SMILES string of the molecule is CCN[C@@H](Cc1ccccc1)C(=O)c1csc(Cl)c1. The topological polar surface area (TPSA) is 29.1 Å². The number of rotatable bonds is 6. The summed E-state index contributed by atoms with van der Waals surface area (Å²) in [4.78, 5) is 12.4. The van der Waals surface area contributed by atoms with E-state index in [0.717, 1.165) is 12.1 Å². The van der Waals surface area contributed by atoms with E-state index >= 15 is 0 Å². The fraction of sp³-hybridized carbons (Fsp3) is 0.267. The van der Waals surface area contributed by atoms with Crippen LogP contribution in [0.2, 0.25) is 4.34 Å². The summed E-state index contributed by atoms with van der Waals surface area (Å²) in [5.41, 5.74) is 1.85. The number of halogens is 1. The minimum absolute atomic E-state index is 0.105. The predicted molar refractivity (Wildman–Crippen MR) is 81.3 cm³/mol. The molecular formula is C15H16ClNOS. The molecule has 1 N–H and O–H groups in total. The van der Waals surface area contributed by atoms with E-state index in [1.54, 1.807) is 6.07 Å². The Morgan fingerprint density at radius 1 is 1.37 bits per heavy atom. The molecular weight excluding hydrogens is 278 g/mol. The molecule has 0 aliphatic heterocycles. The van der Waals surface area contributed by atoms with Crippen LogP contribution in [0.4, 0.5) is 0 Å². The molecule has 0 fully saturated rings. The number of likely N-dealkylation sites (N-methyl/N-ethyl adjacent to an activating group) is 1. The molecule has 1 atom stereocenters. The Kier molecular flexibility index (Phi) is 5.14. The number of hydrogen-bond donors (Lipinski definition) is 1. The third-order valence-electron chi connectivity index (χ3n) is 2.90. The van der Waals surface area contributed by atoms with Crippen LogP contribution >= 0.6 is 22.9 Å². The molecule has 100 valence electrons. The maximum Gasteiger partial charge on any atom is 0.180 e. The summed E-state index contributed by atoms with van der Waals surface area (Å²) in [6.07, 6.45) is 0.695. The molecule has 0 saturated heterocycles. The first kappa shape index (κ1) is 14.3. The zero-order valence-electron chi connectivity index (χ0n) is 10.7. The van der Waals surface area contributed by atoms with Crippen molar-refractivity contribution in [1.82, 2.24) is 5.32 Å². The highest BCUT2D eigenvalue weighted by Crippen LogP contribution is 2.21. The van der Waals surface area contributed by atoms with E-state index in [4.69, 9.17) is 11.6 Å². The molecule has 1 aromatic carbocycles. The molecule has 4 heteroatoms. The normalized spacial score (nSPS) is 12.3. The molecule has 0 unspecified atom stereocenters. The zero-order chi connectivity index (χ0) is 13.7. The van der Waals surface area contributed by atoms with Crippen molar-refractivity contribution in [2.75, 3.05) is 6.54 Å². The van der Waals surface area contributed by atoms with Gasteiger partial charge < -0.3 is 5.32 Å². The van der Waals surface area contributed by atoms with Gasteiger partial charge in [0.15, 0.2) is 5.78 Å². The van der Waals surface area contributed by atoms with Crippen LogP contribution in [0, 0.1) is 0 Å². The molecule has 0 bridgehead atoms. The molecule has 2 nitrogen and oxygen atoms in total. The van der Waals surface area contributed by atoms with Crippen molar-refractivity contribution < 1.29 is 4.79 Å². The summed E-state index contributed by atoms with van der Waals surface area (Å²) in [5.74, 6) is 0.105. The fourth-order valence-electron chi connectivity index (χ4n) is 1.99. The van der Waals surface area contributed by atoms with Crippen LogP contribution in [0.5, 0.6) is 0 Å². The molecule has 1 heterocycles. The smallest absolute Gasteiger partial charge is 0.180 e. The van der Waals surface area contributed by atoms with Gasteiger partial charge in [0.05, 0.1) is 10.4 Å². The van der Waals surface area contributed by atoms with Crippen molar-refractivity contribution in [3.05, 3.63) is 57.2 Å². The second kappa shape index (κ2) is 6.85. The van der Waals surface area contributed by atoms with Crippen LogP contribution in [0.1, 0.15) is 22.8 Å². The molecule has 0 aliphatic rings. The van der Waals surface area contributed by atoms with E-state index < -0.39 is 0 Å². The van der Waals surface area contributed by atoms with Gasteiger partial charge in [0.1, 0.15) is 0 Å². The third-order valence-corrected chi connectivity index (χ3v) is 3.99. The minimum atomic E-state index is -0.196. The van der Waals surface area contributed by atoms with Crippen molar-refractivity contribution in [2.24, 2.45) is 0 Å². The number of benzene rings is 1. The molecule has 0 radical (unpaired) electrons. The summed E-state index contributed by atoms with van der Waals surface area (Å²) in [5, 5.41) is 5.07. The van der Waals surface area contributed by atoms with Gasteiger partial charge in [0.25, 0.3) is 0 Å². The van der Waals surface area contributed by atoms with E-state index in [-0.39, 0.29) is 11.8 Å². The Balaban J connectivity index is 2.13. The highest BCUT2D eigenvalue weighted by molar-refractivity contribution is 7.14. The van der Waals surface area contributed by atoms with Gasteiger partial charge in [-0.3, -0.25) is 4.79 Å². The van der Waals surface area contributed by atoms with Crippen molar-refractivity contribution in [2.45, 2.75) is 19.4 Å². The average molecular weight is 294 g/mol. The van der Waals surface area contributed by atoms with Crippen LogP contribution in [0.25, 0.3) is 0 Å². The van der Waals surface area contributed by atoms with Gasteiger partial charge in [-0.15, -0.1) is 11.3 Å². The standard InChI is InChI=1S/C15H16ClNOS/c1-2-17-13(8-11-6-4-3-5-7-11)15(18)12-9-14(16)19-10-12/h3-7,9-10,13,17H,2,8H2,1H3/t13-/m0/s1. The summed E-state index contributed by atoms with van der Waals surface area (Å²) in [6, 6.07) is 11.6. The van der Waals surface area contributed by atoms with E-state index in [1.165, 1.54) is 11.3 Å². The molecule has 2 aromatic rings. The number of hydrogen-bond acceptors (Lipinski definition) is 3. The van der Waals surface area contributed by atoms with Crippen LogP contribution in [-0.2, 0) is 6.42 Å². The lowest BCUT2D eigenvalue weighted by Gasteiger charge is -2.16. The number of Topliss-reactive ketones (excluding diaryl/α,β-unsaturated/α-hetero) is 1. The summed E-state index contributed by atoms with van der Waals surface area (Å²) in [7, 11) is 0. The van der Waals surface area contributed by atoms with E-state index in [0.29, 0.717) is 16.3 Å². The monoisotopic (exact) mass is 293 g/mol. The largest absolute Gasteiger partial charge is 0.307 e. The molecule has 19 heavy (non-hydrogen) atoms. The number of thiophene rings is 1. The van der Waals surface area contributed by atoms with E-state index in [2.05, 4.69) is 5.32 Å². The minimum Gasteiger partial charge on any atom is -0.307 e. The van der Waals surface area contributed by atoms with Gasteiger partial charge in [-0.05, 0) is 24.6 Å². The van der Waals surface area contributed by atoms with Crippen molar-refractivity contribution in [3.8, 4) is 0 Å². The lowest BCUT2D eigenvalue weighted by Crippen LogP contribution is -2.38. The van der Waals surface area contributed by atoms with Crippen LogP contribution in [0.3, 0.4) is 0 Å². The fourth-order valence-corrected chi connectivity index (χ4v) is 2.86. The third kappa shape index (κ3) is 3.90. The van der Waals surface area contributed by atoms with Crippen molar-refractivity contribution in [1.29, 1.82) is 0 Å². The Morgan fingerprint density at radius 2 is 2.11 bits per heavy atom. The molecule has 1 aromatic heterocycles. The maximum atomic E-state index is 12.4. The Morgan fingerprint density at radius 3 is 2.68 bits per heavy atom. The highest BCUT2D eigenvalue weighted by atomic mass is 35.5. The maximum absolute atomic E-state index is 12.4. The van der Waals surface area contributed by atoms with Gasteiger partial charge in [-0.25, -0.2) is 0 Å². The highest BCUT2D eigenvalue weighted by Gasteiger charge is 2.20. The second-order valence-electron chi connectivity index (χ2n) is 4.30. The number of nitrogens with one attached hydrogen (secondary N) is 1. The molecule has 0 spiro atoms. The lowest BCUT2D eigenvalue weighted by molar-refractivity contribution is 0.0944. The first-order valence-electron chi connectivity index (χ1n) is 6.26.